The summed E-state index contributed by atoms with van der Waals surface area (Å²) in [5, 5.41) is 7.18. The smallest absolute Gasteiger partial charge is 0.246 e. The molecular formula is C29H25FN8O2. The van der Waals surface area contributed by atoms with Crippen LogP contribution in [0.1, 0.15) is 30.0 Å². The van der Waals surface area contributed by atoms with E-state index in [1.165, 1.54) is 18.7 Å². The zero-order valence-corrected chi connectivity index (χ0v) is 21.7. The average molecular weight is 537 g/mol. The Kier molecular flexibility index (Phi) is 5.65. The molecule has 200 valence electrons. The number of ether oxygens (including phenoxy) is 1. The quantitative estimate of drug-likeness (QED) is 0.304. The Morgan fingerprint density at radius 2 is 2.05 bits per heavy atom. The molecule has 1 N–H and O–H groups in total. The number of halogens is 1. The molecule has 0 radical (unpaired) electrons. The number of piperidine rings is 1. The second-order valence-corrected chi connectivity index (χ2v) is 10.2. The lowest BCUT2D eigenvalue weighted by atomic mass is 9.94. The molecule has 2 aliphatic rings. The molecule has 11 heteroatoms. The standard InChI is InChI=1S/C29H25FN8O2/c1-3-26(39)37-13-17-10-19(23(37)11-17)20-4-5-22-28(35-20)29(33-14-31-22)36-21-6-7-24(16(2)27(21)30)40-18-8-9-38-25(12-18)32-15-34-38/h3-9,12,14-15,17,19,23H,1,10-11,13H2,2H3,(H,31,33,36)/t17-,19+,23-/m1/s1. The fourth-order valence-electron chi connectivity index (χ4n) is 5.96. The minimum atomic E-state index is -0.462. The molecule has 1 aromatic carbocycles. The lowest BCUT2D eigenvalue weighted by molar-refractivity contribution is -0.127. The fourth-order valence-corrected chi connectivity index (χ4v) is 5.96. The van der Waals surface area contributed by atoms with Crippen LogP contribution in [0.5, 0.6) is 11.5 Å². The first-order valence-corrected chi connectivity index (χ1v) is 13.1. The molecular weight excluding hydrogens is 511 g/mol. The van der Waals surface area contributed by atoms with Crippen molar-refractivity contribution in [2.24, 2.45) is 5.92 Å². The molecule has 40 heavy (non-hydrogen) atoms. The Bertz CT molecular complexity index is 1800. The molecule has 4 aromatic heterocycles. The van der Waals surface area contributed by atoms with Crippen molar-refractivity contribution in [1.29, 1.82) is 0 Å². The van der Waals surface area contributed by atoms with Gasteiger partial charge in [-0.05, 0) is 62.1 Å². The largest absolute Gasteiger partial charge is 0.457 e. The van der Waals surface area contributed by atoms with Crippen molar-refractivity contribution < 1.29 is 13.9 Å². The van der Waals surface area contributed by atoms with Crippen LogP contribution in [0.25, 0.3) is 16.7 Å². The summed E-state index contributed by atoms with van der Waals surface area (Å²) in [5.41, 5.74) is 3.28. The first-order valence-electron chi connectivity index (χ1n) is 13.1. The molecule has 2 fully saturated rings. The van der Waals surface area contributed by atoms with E-state index in [1.807, 2.05) is 17.0 Å². The van der Waals surface area contributed by atoms with Gasteiger partial charge >= 0.3 is 0 Å². The van der Waals surface area contributed by atoms with Gasteiger partial charge in [0.15, 0.2) is 17.3 Å². The first kappa shape index (κ1) is 24.1. The number of nitrogens with zero attached hydrogens (tertiary/aromatic N) is 7. The number of hydrogen-bond acceptors (Lipinski definition) is 8. The fraction of sp³-hybridized carbons (Fsp3) is 0.241. The van der Waals surface area contributed by atoms with Gasteiger partial charge in [-0.25, -0.2) is 28.8 Å². The predicted octanol–water partition coefficient (Wildman–Crippen LogP) is 4.94. The number of anilines is 2. The van der Waals surface area contributed by atoms with E-state index in [0.29, 0.717) is 45.5 Å². The van der Waals surface area contributed by atoms with E-state index in [0.717, 1.165) is 25.1 Å². The number of nitrogens with one attached hydrogen (secondary N) is 1. The summed E-state index contributed by atoms with van der Waals surface area (Å²) in [6.45, 7) is 6.08. The number of amides is 1. The van der Waals surface area contributed by atoms with Crippen LogP contribution >= 0.6 is 0 Å². The summed E-state index contributed by atoms with van der Waals surface area (Å²) < 4.78 is 23.1. The minimum Gasteiger partial charge on any atom is -0.457 e. The molecule has 5 heterocycles. The van der Waals surface area contributed by atoms with E-state index >= 15 is 4.39 Å². The van der Waals surface area contributed by atoms with Crippen LogP contribution < -0.4 is 10.1 Å². The molecule has 1 aliphatic carbocycles. The van der Waals surface area contributed by atoms with Gasteiger partial charge in [0, 0.05) is 42.0 Å². The van der Waals surface area contributed by atoms with Gasteiger partial charge in [0.1, 0.15) is 29.7 Å². The van der Waals surface area contributed by atoms with Crippen molar-refractivity contribution in [2.75, 3.05) is 11.9 Å². The van der Waals surface area contributed by atoms with E-state index in [9.17, 15) is 4.79 Å². The zero-order chi connectivity index (χ0) is 27.4. The summed E-state index contributed by atoms with van der Waals surface area (Å²) in [6.07, 6.45) is 7.93. The van der Waals surface area contributed by atoms with Crippen LogP contribution in [0.2, 0.25) is 0 Å². The molecule has 1 saturated carbocycles. The summed E-state index contributed by atoms with van der Waals surface area (Å²) in [5.74, 6) is 1.38. The Hall–Kier alpha value is -4.93. The maximum atomic E-state index is 15.6. The number of fused-ring (bicyclic) bond motifs is 4. The van der Waals surface area contributed by atoms with Crippen molar-refractivity contribution >= 4 is 34.1 Å². The Balaban J connectivity index is 1.17. The lowest BCUT2D eigenvalue weighted by Crippen LogP contribution is -2.40. The van der Waals surface area contributed by atoms with Gasteiger partial charge in [-0.15, -0.1) is 0 Å². The van der Waals surface area contributed by atoms with Crippen molar-refractivity contribution in [3.63, 3.8) is 0 Å². The molecule has 0 unspecified atom stereocenters. The van der Waals surface area contributed by atoms with E-state index in [2.05, 4.69) is 31.9 Å². The average Bonchev–Trinajstić information content (AvgIpc) is 3.72. The monoisotopic (exact) mass is 536 g/mol. The minimum absolute atomic E-state index is 0.0407. The van der Waals surface area contributed by atoms with Crippen molar-refractivity contribution in [3.8, 4) is 11.5 Å². The number of benzene rings is 1. The third-order valence-electron chi connectivity index (χ3n) is 7.89. The van der Waals surface area contributed by atoms with Crippen LogP contribution in [0.3, 0.4) is 0 Å². The highest BCUT2D eigenvalue weighted by atomic mass is 19.1. The molecule has 7 rings (SSSR count). The number of pyridine rings is 2. The number of carbonyl (C=O) groups excluding carboxylic acids is 1. The third-order valence-corrected chi connectivity index (χ3v) is 7.89. The Morgan fingerprint density at radius 1 is 1.15 bits per heavy atom. The molecule has 1 amide bonds. The predicted molar refractivity (Wildman–Crippen MR) is 146 cm³/mol. The number of hydrogen-bond donors (Lipinski definition) is 1. The highest BCUT2D eigenvalue weighted by Crippen LogP contribution is 2.47. The second-order valence-electron chi connectivity index (χ2n) is 10.2. The summed E-state index contributed by atoms with van der Waals surface area (Å²) in [4.78, 5) is 32.1. The molecule has 0 spiro atoms. The van der Waals surface area contributed by atoms with E-state index in [1.54, 1.807) is 41.9 Å². The van der Waals surface area contributed by atoms with Crippen molar-refractivity contribution in [2.45, 2.75) is 31.7 Å². The molecule has 3 atom stereocenters. The highest BCUT2D eigenvalue weighted by Gasteiger charge is 2.47. The van der Waals surface area contributed by atoms with E-state index < -0.39 is 5.82 Å². The van der Waals surface area contributed by atoms with Crippen LogP contribution in [0.15, 0.2) is 67.9 Å². The molecule has 2 bridgehead atoms. The second kappa shape index (κ2) is 9.37. The Labute approximate surface area is 228 Å². The van der Waals surface area contributed by atoms with Gasteiger partial charge < -0.3 is 15.0 Å². The number of carbonyl (C=O) groups is 1. The molecule has 10 nitrogen and oxygen atoms in total. The van der Waals surface area contributed by atoms with Gasteiger partial charge in [0.05, 0.1) is 11.2 Å². The number of likely N-dealkylation sites (tertiary alicyclic amines) is 1. The normalized spacial score (nSPS) is 19.9. The van der Waals surface area contributed by atoms with E-state index in [-0.39, 0.29) is 23.6 Å². The summed E-state index contributed by atoms with van der Waals surface area (Å²) >= 11 is 0. The zero-order valence-electron chi connectivity index (χ0n) is 21.7. The SMILES string of the molecule is C=CC(=O)N1C[C@H]2C[C@@H]1[C@H](c1ccc3ncnc(Nc4ccc(Oc5ccn6ncnc6c5)c(C)c4F)c3n1)C2. The number of rotatable bonds is 6. The van der Waals surface area contributed by atoms with Gasteiger partial charge in [-0.3, -0.25) is 4.79 Å². The topological polar surface area (TPSA) is 110 Å². The maximum absolute atomic E-state index is 15.6. The highest BCUT2D eigenvalue weighted by molar-refractivity contribution is 5.88. The lowest BCUT2D eigenvalue weighted by Gasteiger charge is -2.32. The molecule has 5 aromatic rings. The van der Waals surface area contributed by atoms with Crippen LogP contribution in [0, 0.1) is 18.7 Å². The van der Waals surface area contributed by atoms with Gasteiger partial charge in [-0.1, -0.05) is 6.58 Å². The van der Waals surface area contributed by atoms with E-state index in [4.69, 9.17) is 9.72 Å². The van der Waals surface area contributed by atoms with Crippen LogP contribution in [-0.4, -0.2) is 52.9 Å². The summed E-state index contributed by atoms with van der Waals surface area (Å²) in [6, 6.07) is 10.8. The van der Waals surface area contributed by atoms with Gasteiger partial charge in [0.2, 0.25) is 5.91 Å². The Morgan fingerprint density at radius 3 is 2.90 bits per heavy atom. The number of aromatic nitrogens is 6. The first-order chi connectivity index (χ1) is 19.5. The maximum Gasteiger partial charge on any atom is 0.246 e. The van der Waals surface area contributed by atoms with Crippen molar-refractivity contribution in [3.05, 3.63) is 85.0 Å². The van der Waals surface area contributed by atoms with Crippen molar-refractivity contribution in [1.82, 2.24) is 34.4 Å². The van der Waals surface area contributed by atoms with Gasteiger partial charge in [0.25, 0.3) is 0 Å². The van der Waals surface area contributed by atoms with Gasteiger partial charge in [-0.2, -0.15) is 5.10 Å². The molecule has 1 aliphatic heterocycles. The summed E-state index contributed by atoms with van der Waals surface area (Å²) in [7, 11) is 0. The molecule has 1 saturated heterocycles. The van der Waals surface area contributed by atoms with Crippen LogP contribution in [-0.2, 0) is 4.79 Å². The third kappa shape index (κ3) is 4.01. The van der Waals surface area contributed by atoms with Crippen LogP contribution in [0.4, 0.5) is 15.9 Å².